The summed E-state index contributed by atoms with van der Waals surface area (Å²) in [6, 6.07) is 0. The fourth-order valence-corrected chi connectivity index (χ4v) is 1.23. The molecule has 22 heavy (non-hydrogen) atoms. The normalized spacial score (nSPS) is 10.4. The highest BCUT2D eigenvalue weighted by Crippen LogP contribution is 1.85. The molecule has 0 aromatic carbocycles. The lowest BCUT2D eigenvalue weighted by atomic mass is 10.0. The van der Waals surface area contributed by atoms with Crippen LogP contribution in [0.4, 0.5) is 0 Å². The second kappa shape index (κ2) is 18.0. The number of carbonyl (C=O) groups excluding carboxylic acids is 2. The van der Waals surface area contributed by atoms with Crippen LogP contribution in [0.3, 0.4) is 0 Å². The van der Waals surface area contributed by atoms with Crippen molar-refractivity contribution in [2.24, 2.45) is 5.73 Å². The van der Waals surface area contributed by atoms with E-state index in [-0.39, 0.29) is 18.9 Å². The molecule has 0 saturated carbocycles. The Morgan fingerprint density at radius 1 is 0.909 bits per heavy atom. The molecule has 4 N–H and O–H groups in total. The molecule has 0 aliphatic carbocycles. The van der Waals surface area contributed by atoms with Gasteiger partial charge in [-0.05, 0) is 0 Å². The van der Waals surface area contributed by atoms with Gasteiger partial charge in [-0.3, -0.25) is 10.1 Å². The van der Waals surface area contributed by atoms with Gasteiger partial charge in [0.25, 0.3) is 0 Å². The molecule has 0 aliphatic rings. The molecule has 0 atom stereocenters. The van der Waals surface area contributed by atoms with Gasteiger partial charge >= 0.3 is 7.41 Å². The molecule has 1 amide bonds. The van der Waals surface area contributed by atoms with E-state index in [9.17, 15) is 9.59 Å². The van der Waals surface area contributed by atoms with Crippen molar-refractivity contribution in [1.29, 1.82) is 0 Å². The minimum Gasteiger partial charge on any atom is -0.379 e. The van der Waals surface area contributed by atoms with E-state index in [4.69, 9.17) is 24.7 Å². The number of nitrogens with two attached hydrogens (primary N) is 1. The molecule has 0 saturated heterocycles. The standard InChI is InChI=1S/C12H25BN3O6/c14-2-4-20-6-8-22-10-9-21-7-5-19-3-1-12(18)15-16-13-11-17/h11,16H,1-10,14H2,(H,15,18). The maximum Gasteiger partial charge on any atom is 0.313 e. The Morgan fingerprint density at radius 2 is 1.41 bits per heavy atom. The average Bonchev–Trinajstić information content (AvgIpc) is 2.52. The van der Waals surface area contributed by atoms with Gasteiger partial charge in [0.15, 0.2) is 0 Å². The van der Waals surface area contributed by atoms with Crippen LogP contribution in [-0.2, 0) is 28.5 Å². The maximum atomic E-state index is 11.2. The van der Waals surface area contributed by atoms with Gasteiger partial charge in [0.1, 0.15) is 0 Å². The summed E-state index contributed by atoms with van der Waals surface area (Å²) in [5, 5.41) is 2.33. The molecule has 9 nitrogen and oxygen atoms in total. The number of amides is 1. The second-order valence-electron chi connectivity index (χ2n) is 3.98. The Hall–Kier alpha value is -1.04. The number of ether oxygens (including phenoxy) is 4. The van der Waals surface area contributed by atoms with Crippen molar-refractivity contribution in [3.05, 3.63) is 0 Å². The van der Waals surface area contributed by atoms with Gasteiger partial charge in [0, 0.05) is 6.54 Å². The van der Waals surface area contributed by atoms with E-state index in [1.165, 1.54) is 0 Å². The van der Waals surface area contributed by atoms with Gasteiger partial charge in [-0.25, -0.2) is 0 Å². The van der Waals surface area contributed by atoms with E-state index >= 15 is 0 Å². The molecular formula is C12H25BN3O6. The molecule has 0 fully saturated rings. The SMILES string of the molecule is NCCOCCOCCOCCOCCC(=O)NN[B]C=O. The first-order chi connectivity index (χ1) is 10.8. The van der Waals surface area contributed by atoms with Crippen molar-refractivity contribution in [3.8, 4) is 0 Å². The lowest BCUT2D eigenvalue weighted by Gasteiger charge is -2.07. The molecule has 0 aliphatic heterocycles. The van der Waals surface area contributed by atoms with Crippen LogP contribution in [0.15, 0.2) is 0 Å². The topological polar surface area (TPSA) is 121 Å². The Morgan fingerprint density at radius 3 is 1.91 bits per heavy atom. The zero-order valence-electron chi connectivity index (χ0n) is 12.8. The molecule has 0 unspecified atom stereocenters. The predicted molar refractivity (Wildman–Crippen MR) is 80.7 cm³/mol. The third kappa shape index (κ3) is 17.0. The zero-order chi connectivity index (χ0) is 16.3. The molecule has 0 spiro atoms. The minimum absolute atomic E-state index is 0.200. The molecule has 0 aromatic rings. The summed E-state index contributed by atoms with van der Waals surface area (Å²) >= 11 is 0. The summed E-state index contributed by atoms with van der Waals surface area (Å²) in [5.74, 6) is -0.260. The van der Waals surface area contributed by atoms with Crippen LogP contribution in [0, 0.1) is 0 Å². The molecule has 1 radical (unpaired) electrons. The number of hydrogen-bond donors (Lipinski definition) is 3. The van der Waals surface area contributed by atoms with Gasteiger partial charge in [-0.1, -0.05) is 0 Å². The first-order valence-electron chi connectivity index (χ1n) is 7.13. The largest absolute Gasteiger partial charge is 0.379 e. The molecule has 127 valence electrons. The first-order valence-corrected chi connectivity index (χ1v) is 7.13. The number of hydrazine groups is 1. The fourth-order valence-electron chi connectivity index (χ4n) is 1.23. The van der Waals surface area contributed by atoms with Crippen molar-refractivity contribution in [2.45, 2.75) is 6.42 Å². The lowest BCUT2D eigenvalue weighted by molar-refractivity contribution is -0.122. The summed E-state index contributed by atoms with van der Waals surface area (Å²) in [7, 11) is 1.08. The van der Waals surface area contributed by atoms with Crippen molar-refractivity contribution < 1.29 is 28.5 Å². The summed E-state index contributed by atoms with van der Waals surface area (Å²) in [5.41, 5.74) is 7.57. The third-order valence-corrected chi connectivity index (χ3v) is 2.21. The summed E-state index contributed by atoms with van der Waals surface area (Å²) in [6.07, 6.45) is 0.733. The highest BCUT2D eigenvalue weighted by Gasteiger charge is 2.00. The zero-order valence-corrected chi connectivity index (χ0v) is 12.8. The quantitative estimate of drug-likeness (QED) is 0.120. The van der Waals surface area contributed by atoms with Crippen LogP contribution in [-0.4, -0.2) is 78.9 Å². The number of carbonyl (C=O) groups is 2. The molecule has 0 bridgehead atoms. The van der Waals surface area contributed by atoms with Crippen LogP contribution < -0.4 is 16.5 Å². The van der Waals surface area contributed by atoms with Crippen LogP contribution in [0.2, 0.25) is 0 Å². The highest BCUT2D eigenvalue weighted by atomic mass is 16.6. The van der Waals surface area contributed by atoms with E-state index in [0.717, 1.165) is 7.41 Å². The van der Waals surface area contributed by atoms with Gasteiger partial charge < -0.3 is 34.9 Å². The summed E-state index contributed by atoms with van der Waals surface area (Å²) < 4.78 is 20.9. The van der Waals surface area contributed by atoms with Crippen LogP contribution in [0.5, 0.6) is 0 Å². The molecule has 0 aromatic heterocycles. The minimum atomic E-state index is -0.260. The lowest BCUT2D eigenvalue weighted by Crippen LogP contribution is -2.40. The first kappa shape index (κ1) is 21.0. The maximum absolute atomic E-state index is 11.2. The van der Waals surface area contributed by atoms with Gasteiger partial charge in [0.05, 0.1) is 65.5 Å². The van der Waals surface area contributed by atoms with Crippen molar-refractivity contribution in [2.75, 3.05) is 59.4 Å². The van der Waals surface area contributed by atoms with E-state index in [0.29, 0.717) is 59.0 Å². The Bertz CT molecular complexity index is 273. The van der Waals surface area contributed by atoms with Crippen molar-refractivity contribution >= 4 is 19.5 Å². The van der Waals surface area contributed by atoms with E-state index < -0.39 is 0 Å². The van der Waals surface area contributed by atoms with Gasteiger partial charge in [-0.2, -0.15) is 0 Å². The van der Waals surface area contributed by atoms with Crippen molar-refractivity contribution in [3.63, 3.8) is 0 Å². The Balaban J connectivity index is 3.08. The second-order valence-corrected chi connectivity index (χ2v) is 3.98. The highest BCUT2D eigenvalue weighted by molar-refractivity contribution is 6.64. The molecule has 0 rings (SSSR count). The fraction of sp³-hybridized carbons (Fsp3) is 0.833. The average molecular weight is 318 g/mol. The monoisotopic (exact) mass is 318 g/mol. The van der Waals surface area contributed by atoms with E-state index in [1.54, 1.807) is 0 Å². The predicted octanol–water partition coefficient (Wildman–Crippen LogP) is -2.17. The van der Waals surface area contributed by atoms with Crippen LogP contribution >= 0.6 is 0 Å². The summed E-state index contributed by atoms with van der Waals surface area (Å²) in [6.45, 7) is 4.20. The number of rotatable bonds is 17. The van der Waals surface area contributed by atoms with E-state index in [2.05, 4.69) is 10.8 Å². The number of nitrogens with one attached hydrogen (secondary N) is 2. The van der Waals surface area contributed by atoms with Gasteiger partial charge in [0.2, 0.25) is 5.91 Å². The molecule has 10 heteroatoms. The smallest absolute Gasteiger partial charge is 0.313 e. The van der Waals surface area contributed by atoms with Crippen LogP contribution in [0.1, 0.15) is 6.42 Å². The summed E-state index contributed by atoms with van der Waals surface area (Å²) in [4.78, 5) is 21.1. The third-order valence-electron chi connectivity index (χ3n) is 2.21. The van der Waals surface area contributed by atoms with E-state index in [1.807, 2.05) is 0 Å². The molecular weight excluding hydrogens is 293 g/mol. The Labute approximate surface area is 131 Å². The number of hydrogen-bond acceptors (Lipinski definition) is 8. The van der Waals surface area contributed by atoms with Crippen LogP contribution in [0.25, 0.3) is 0 Å². The van der Waals surface area contributed by atoms with Crippen molar-refractivity contribution in [1.82, 2.24) is 10.8 Å². The van der Waals surface area contributed by atoms with Gasteiger partial charge in [-0.15, -0.1) is 0 Å². The molecule has 0 heterocycles. The Kier molecular flexibility index (Phi) is 17.2.